The van der Waals surface area contributed by atoms with Gasteiger partial charge < -0.3 is 5.73 Å². The Balaban J connectivity index is 2.15. The van der Waals surface area contributed by atoms with E-state index in [2.05, 4.69) is 0 Å². The molecular weight excluding hydrogens is 281 g/mol. The Bertz CT molecular complexity index is 738. The minimum absolute atomic E-state index is 0.328. The van der Waals surface area contributed by atoms with E-state index < -0.39 is 6.04 Å². The van der Waals surface area contributed by atoms with E-state index in [0.717, 1.165) is 15.6 Å². The molecule has 0 saturated carbocycles. The van der Waals surface area contributed by atoms with Crippen molar-refractivity contribution in [2.45, 2.75) is 6.04 Å². The number of benzene rings is 2. The van der Waals surface area contributed by atoms with Gasteiger partial charge in [-0.2, -0.15) is 0 Å². The lowest BCUT2D eigenvalue weighted by Crippen LogP contribution is -2.13. The Morgan fingerprint density at radius 2 is 1.95 bits per heavy atom. The van der Waals surface area contributed by atoms with Crippen molar-refractivity contribution < 1.29 is 4.39 Å². The number of halogens is 2. The summed E-state index contributed by atoms with van der Waals surface area (Å²) in [4.78, 5) is 0. The molecule has 19 heavy (non-hydrogen) atoms. The largest absolute Gasteiger partial charge is 0.320 e. The second-order valence-corrected chi connectivity index (χ2v) is 5.68. The van der Waals surface area contributed by atoms with Crippen LogP contribution in [0, 0.1) is 5.82 Å². The highest BCUT2D eigenvalue weighted by Gasteiger charge is 2.16. The highest BCUT2D eigenvalue weighted by atomic mass is 35.5. The molecule has 0 aliphatic rings. The molecule has 0 saturated heterocycles. The smallest absolute Gasteiger partial charge is 0.128 e. The summed E-state index contributed by atoms with van der Waals surface area (Å²) in [6, 6.07) is 11.9. The van der Waals surface area contributed by atoms with E-state index in [-0.39, 0.29) is 5.82 Å². The molecule has 96 valence electrons. The number of thiophene rings is 1. The minimum atomic E-state index is -0.513. The fourth-order valence-electron chi connectivity index (χ4n) is 2.18. The van der Waals surface area contributed by atoms with Crippen molar-refractivity contribution in [3.8, 4) is 0 Å². The molecule has 2 N–H and O–H groups in total. The summed E-state index contributed by atoms with van der Waals surface area (Å²) in [7, 11) is 0. The van der Waals surface area contributed by atoms with Gasteiger partial charge in [0.1, 0.15) is 5.82 Å². The molecule has 0 radical (unpaired) electrons. The molecule has 1 aromatic heterocycles. The van der Waals surface area contributed by atoms with Crippen molar-refractivity contribution in [3.05, 3.63) is 69.8 Å². The van der Waals surface area contributed by atoms with Crippen LogP contribution < -0.4 is 5.73 Å². The van der Waals surface area contributed by atoms with E-state index in [9.17, 15) is 4.39 Å². The second kappa shape index (κ2) is 4.93. The number of rotatable bonds is 2. The van der Waals surface area contributed by atoms with E-state index >= 15 is 0 Å². The maximum absolute atomic E-state index is 13.9. The molecule has 3 aromatic rings. The van der Waals surface area contributed by atoms with Gasteiger partial charge in [-0.05, 0) is 40.6 Å². The van der Waals surface area contributed by atoms with Crippen LogP contribution in [0.1, 0.15) is 17.2 Å². The maximum atomic E-state index is 13.9. The lowest BCUT2D eigenvalue weighted by molar-refractivity contribution is 0.600. The lowest BCUT2D eigenvalue weighted by Gasteiger charge is -2.14. The normalized spacial score (nSPS) is 12.8. The summed E-state index contributed by atoms with van der Waals surface area (Å²) in [5.74, 6) is -0.328. The van der Waals surface area contributed by atoms with Gasteiger partial charge in [-0.15, -0.1) is 11.3 Å². The highest BCUT2D eigenvalue weighted by molar-refractivity contribution is 7.17. The number of hydrogen-bond donors (Lipinski definition) is 1. The van der Waals surface area contributed by atoms with E-state index in [1.807, 2.05) is 29.6 Å². The van der Waals surface area contributed by atoms with Crippen molar-refractivity contribution in [3.63, 3.8) is 0 Å². The van der Waals surface area contributed by atoms with Gasteiger partial charge in [0.05, 0.1) is 6.04 Å². The van der Waals surface area contributed by atoms with Crippen LogP contribution in [0.5, 0.6) is 0 Å². The predicted octanol–water partition coefficient (Wildman–Crippen LogP) is 4.74. The average Bonchev–Trinajstić information content (AvgIpc) is 2.89. The van der Waals surface area contributed by atoms with E-state index in [1.165, 1.54) is 12.1 Å². The maximum Gasteiger partial charge on any atom is 0.128 e. The third kappa shape index (κ3) is 2.25. The number of nitrogens with two attached hydrogens (primary N) is 1. The summed E-state index contributed by atoms with van der Waals surface area (Å²) >= 11 is 7.54. The van der Waals surface area contributed by atoms with Crippen molar-refractivity contribution in [1.29, 1.82) is 0 Å². The van der Waals surface area contributed by atoms with Gasteiger partial charge in [0, 0.05) is 15.3 Å². The zero-order valence-corrected chi connectivity index (χ0v) is 11.5. The number of hydrogen-bond acceptors (Lipinski definition) is 2. The third-order valence-corrected chi connectivity index (χ3v) is 4.35. The van der Waals surface area contributed by atoms with Crippen molar-refractivity contribution in [2.24, 2.45) is 5.73 Å². The van der Waals surface area contributed by atoms with Crippen molar-refractivity contribution in [1.82, 2.24) is 0 Å². The predicted molar refractivity (Wildman–Crippen MR) is 79.3 cm³/mol. The van der Waals surface area contributed by atoms with Gasteiger partial charge in [-0.3, -0.25) is 0 Å². The van der Waals surface area contributed by atoms with Gasteiger partial charge in [-0.25, -0.2) is 4.39 Å². The van der Waals surface area contributed by atoms with Crippen LogP contribution >= 0.6 is 22.9 Å². The zero-order valence-electron chi connectivity index (χ0n) is 9.94. The average molecular weight is 292 g/mol. The molecule has 1 nitrogen and oxygen atoms in total. The molecular formula is C15H11ClFNS. The van der Waals surface area contributed by atoms with Crippen LogP contribution in [-0.4, -0.2) is 0 Å². The summed E-state index contributed by atoms with van der Waals surface area (Å²) < 4.78 is 15.0. The number of fused-ring (bicyclic) bond motifs is 1. The zero-order chi connectivity index (χ0) is 13.4. The first kappa shape index (κ1) is 12.6. The Hall–Kier alpha value is -1.42. The highest BCUT2D eigenvalue weighted by Crippen LogP contribution is 2.32. The Morgan fingerprint density at radius 1 is 1.11 bits per heavy atom. The van der Waals surface area contributed by atoms with Crippen molar-refractivity contribution in [2.75, 3.05) is 0 Å². The molecule has 2 aromatic carbocycles. The molecule has 0 bridgehead atoms. The topological polar surface area (TPSA) is 26.0 Å². The van der Waals surface area contributed by atoms with Gasteiger partial charge >= 0.3 is 0 Å². The standard InChI is InChI=1S/C15H11ClFNS/c16-10-4-5-13(17)12(8-10)14(18)11-3-1-2-9-6-7-19-15(9)11/h1-8,14H,18H2. The second-order valence-electron chi connectivity index (χ2n) is 4.33. The van der Waals surface area contributed by atoms with Gasteiger partial charge in [0.2, 0.25) is 0 Å². The summed E-state index contributed by atoms with van der Waals surface area (Å²) in [6.07, 6.45) is 0. The molecule has 4 heteroatoms. The Morgan fingerprint density at radius 3 is 2.79 bits per heavy atom. The van der Waals surface area contributed by atoms with Crippen LogP contribution in [0.3, 0.4) is 0 Å². The molecule has 0 fully saturated rings. The fraction of sp³-hybridized carbons (Fsp3) is 0.0667. The van der Waals surface area contributed by atoms with Gasteiger partial charge in [0.15, 0.2) is 0 Å². The lowest BCUT2D eigenvalue weighted by atomic mass is 9.98. The monoisotopic (exact) mass is 291 g/mol. The third-order valence-electron chi connectivity index (χ3n) is 3.14. The van der Waals surface area contributed by atoms with Crippen LogP contribution in [0.2, 0.25) is 5.02 Å². The van der Waals surface area contributed by atoms with E-state index in [0.29, 0.717) is 10.6 Å². The van der Waals surface area contributed by atoms with Crippen LogP contribution in [0.25, 0.3) is 10.1 Å². The molecule has 1 heterocycles. The van der Waals surface area contributed by atoms with Crippen LogP contribution in [-0.2, 0) is 0 Å². The first-order valence-corrected chi connectivity index (χ1v) is 7.09. The molecule has 0 spiro atoms. The molecule has 0 aliphatic carbocycles. The molecule has 0 amide bonds. The molecule has 1 atom stereocenters. The molecule has 1 unspecified atom stereocenters. The van der Waals surface area contributed by atoms with E-state index in [1.54, 1.807) is 17.4 Å². The van der Waals surface area contributed by atoms with Gasteiger partial charge in [0.25, 0.3) is 0 Å². The first-order chi connectivity index (χ1) is 9.16. The fourth-order valence-corrected chi connectivity index (χ4v) is 3.32. The SMILES string of the molecule is NC(c1cc(Cl)ccc1F)c1cccc2ccsc12. The summed E-state index contributed by atoms with van der Waals surface area (Å²) in [5.41, 5.74) is 7.57. The van der Waals surface area contributed by atoms with Crippen LogP contribution in [0.4, 0.5) is 4.39 Å². The first-order valence-electron chi connectivity index (χ1n) is 5.83. The Kier molecular flexibility index (Phi) is 3.27. The summed E-state index contributed by atoms with van der Waals surface area (Å²) in [6.45, 7) is 0. The molecule has 0 aliphatic heterocycles. The Labute approximate surface area is 119 Å². The van der Waals surface area contributed by atoms with E-state index in [4.69, 9.17) is 17.3 Å². The minimum Gasteiger partial charge on any atom is -0.320 e. The van der Waals surface area contributed by atoms with Gasteiger partial charge in [-0.1, -0.05) is 29.8 Å². The quantitative estimate of drug-likeness (QED) is 0.725. The molecule has 3 rings (SSSR count). The van der Waals surface area contributed by atoms with Crippen LogP contribution in [0.15, 0.2) is 47.8 Å². The summed E-state index contributed by atoms with van der Waals surface area (Å²) in [5, 5.41) is 3.63. The van der Waals surface area contributed by atoms with Crippen molar-refractivity contribution >= 4 is 33.0 Å².